The van der Waals surface area contributed by atoms with Gasteiger partial charge in [-0.15, -0.1) is 0 Å². The normalized spacial score (nSPS) is 27.5. The van der Waals surface area contributed by atoms with Gasteiger partial charge in [-0.05, 0) is 22.6 Å². The summed E-state index contributed by atoms with van der Waals surface area (Å²) in [4.78, 5) is 17.4. The van der Waals surface area contributed by atoms with E-state index in [1.54, 1.807) is 22.6 Å². The second-order valence-electron chi connectivity index (χ2n) is 2.76. The van der Waals surface area contributed by atoms with Gasteiger partial charge in [-0.1, -0.05) is 0 Å². The van der Waals surface area contributed by atoms with Crippen LogP contribution in [0.25, 0.3) is 0 Å². The molecule has 1 heterocycles. The predicted molar refractivity (Wildman–Crippen MR) is 57.4 cm³/mol. The first-order chi connectivity index (χ1) is 6.50. The van der Waals surface area contributed by atoms with Crippen molar-refractivity contribution >= 4 is 32.5 Å². The maximum atomic E-state index is 10.7. The van der Waals surface area contributed by atoms with Crippen LogP contribution >= 0.6 is 22.6 Å². The molecule has 0 radical (unpaired) electrons. The van der Waals surface area contributed by atoms with E-state index in [-0.39, 0.29) is 6.42 Å². The predicted octanol–water partition coefficient (Wildman–Crippen LogP) is -0.422. The van der Waals surface area contributed by atoms with Gasteiger partial charge in [-0.2, -0.15) is 9.98 Å². The Morgan fingerprint density at radius 1 is 1.79 bits per heavy atom. The van der Waals surface area contributed by atoms with Crippen LogP contribution < -0.4 is 0 Å². The smallest absolute Gasteiger partial charge is 0.394 e. The van der Waals surface area contributed by atoms with Gasteiger partial charge in [-0.25, -0.2) is 0 Å². The summed E-state index contributed by atoms with van der Waals surface area (Å²) in [6, 6.07) is 0. The molecule has 0 aliphatic carbocycles. The molecule has 2 N–H and O–H groups in total. The van der Waals surface area contributed by atoms with E-state index in [1.807, 2.05) is 0 Å². The van der Waals surface area contributed by atoms with Gasteiger partial charge in [0, 0.05) is 0 Å². The number of nitro groups is 1. The van der Waals surface area contributed by atoms with E-state index in [9.17, 15) is 10.1 Å². The van der Waals surface area contributed by atoms with Crippen molar-refractivity contribution in [2.45, 2.75) is 18.3 Å². The Kier molecular flexibility index (Phi) is 3.50. The fourth-order valence-corrected chi connectivity index (χ4v) is 1.55. The fraction of sp³-hybridized carbons (Fsp3) is 0.667. The number of aliphatic imine (C=N–C) groups is 2. The highest BCUT2D eigenvalue weighted by molar-refractivity contribution is 14.1. The molecule has 2 unspecified atom stereocenters. The van der Waals surface area contributed by atoms with Crippen molar-refractivity contribution in [3.05, 3.63) is 10.1 Å². The van der Waals surface area contributed by atoms with Crippen LogP contribution in [0.2, 0.25) is 0 Å². The lowest BCUT2D eigenvalue weighted by molar-refractivity contribution is -0.568. The first-order valence-corrected chi connectivity index (χ1v) is 4.82. The fourth-order valence-electron chi connectivity index (χ4n) is 1.03. The van der Waals surface area contributed by atoms with Gasteiger partial charge in [0.05, 0.1) is 30.3 Å². The molecule has 1 aliphatic rings. The van der Waals surface area contributed by atoms with Gasteiger partial charge >= 0.3 is 5.79 Å². The van der Waals surface area contributed by atoms with Crippen molar-refractivity contribution < 1.29 is 15.1 Å². The quantitative estimate of drug-likeness (QED) is 0.417. The van der Waals surface area contributed by atoms with Gasteiger partial charge < -0.3 is 10.2 Å². The largest absolute Gasteiger partial charge is 0.415 e. The zero-order chi connectivity index (χ0) is 10.8. The Labute approximate surface area is 92.9 Å². The molecule has 78 valence electrons. The van der Waals surface area contributed by atoms with Crippen LogP contribution in [0.5, 0.6) is 0 Å². The van der Waals surface area contributed by atoms with Gasteiger partial charge in [0.1, 0.15) is 3.72 Å². The van der Waals surface area contributed by atoms with E-state index in [4.69, 9.17) is 10.2 Å². The van der Waals surface area contributed by atoms with Crippen molar-refractivity contribution in [3.63, 3.8) is 0 Å². The summed E-state index contributed by atoms with van der Waals surface area (Å²) in [5, 5.41) is 28.4. The molecular formula is C6H8IN3O4. The number of nitrogens with zero attached hydrogens (tertiary/aromatic N) is 3. The summed E-state index contributed by atoms with van der Waals surface area (Å²) >= 11 is 1.80. The summed E-state index contributed by atoms with van der Waals surface area (Å²) in [5.41, 5.74) is 0. The molecule has 0 saturated heterocycles. The monoisotopic (exact) mass is 313 g/mol. The van der Waals surface area contributed by atoms with Crippen LogP contribution in [0.4, 0.5) is 0 Å². The van der Waals surface area contributed by atoms with Gasteiger partial charge in [0.15, 0.2) is 0 Å². The average Bonchev–Trinajstić information content (AvgIpc) is 2.48. The minimum atomic E-state index is -1.85. The van der Waals surface area contributed by atoms with Crippen molar-refractivity contribution in [3.8, 4) is 0 Å². The minimum absolute atomic E-state index is 0.320. The van der Waals surface area contributed by atoms with Crippen molar-refractivity contribution in [2.75, 3.05) is 6.61 Å². The molecule has 0 spiro atoms. The maximum Gasteiger partial charge on any atom is 0.415 e. The second-order valence-corrected chi connectivity index (χ2v) is 3.87. The lowest BCUT2D eigenvalue weighted by atomic mass is 10.1. The number of halogens is 1. The van der Waals surface area contributed by atoms with E-state index in [0.29, 0.717) is 3.72 Å². The number of hydrogen-bond donors (Lipinski definition) is 2. The molecule has 8 heteroatoms. The second kappa shape index (κ2) is 4.28. The maximum absolute atomic E-state index is 10.7. The van der Waals surface area contributed by atoms with Gasteiger partial charge in [0.25, 0.3) is 0 Å². The van der Waals surface area contributed by atoms with Gasteiger partial charge in [-0.3, -0.25) is 10.1 Å². The third-order valence-electron chi connectivity index (χ3n) is 1.68. The van der Waals surface area contributed by atoms with Crippen LogP contribution in [0, 0.1) is 10.1 Å². The summed E-state index contributed by atoms with van der Waals surface area (Å²) in [6.07, 6.45) is -0.240. The van der Waals surface area contributed by atoms with Crippen molar-refractivity contribution in [1.29, 1.82) is 0 Å². The summed E-state index contributed by atoms with van der Waals surface area (Å²) in [7, 11) is 0. The van der Waals surface area contributed by atoms with E-state index in [0.717, 1.165) is 0 Å². The SMILES string of the molecule is O=[N+]([O-])C1(CC(O)CO)N=CC(I)=N1. The minimum Gasteiger partial charge on any atom is -0.394 e. The lowest BCUT2D eigenvalue weighted by Gasteiger charge is -2.15. The zero-order valence-electron chi connectivity index (χ0n) is 7.00. The van der Waals surface area contributed by atoms with E-state index in [1.165, 1.54) is 6.21 Å². The third kappa shape index (κ3) is 2.25. The Balaban J connectivity index is 2.86. The first-order valence-electron chi connectivity index (χ1n) is 3.74. The van der Waals surface area contributed by atoms with Crippen LogP contribution in [0.15, 0.2) is 9.98 Å². The van der Waals surface area contributed by atoms with Gasteiger partial charge in [0.2, 0.25) is 0 Å². The van der Waals surface area contributed by atoms with Crippen LogP contribution in [-0.2, 0) is 0 Å². The zero-order valence-corrected chi connectivity index (χ0v) is 9.16. The molecular weight excluding hydrogens is 305 g/mol. The Morgan fingerprint density at radius 2 is 2.43 bits per heavy atom. The number of rotatable bonds is 4. The molecule has 0 fully saturated rings. The first kappa shape index (κ1) is 11.5. The molecule has 2 atom stereocenters. The average molecular weight is 313 g/mol. The molecule has 0 amide bonds. The Hall–Kier alpha value is -0.610. The van der Waals surface area contributed by atoms with Crippen LogP contribution in [-0.4, -0.2) is 43.6 Å². The molecule has 1 aliphatic heterocycles. The van der Waals surface area contributed by atoms with Crippen molar-refractivity contribution in [1.82, 2.24) is 0 Å². The summed E-state index contributed by atoms with van der Waals surface area (Å²) in [5.74, 6) is -1.85. The molecule has 14 heavy (non-hydrogen) atoms. The van der Waals surface area contributed by atoms with E-state index >= 15 is 0 Å². The van der Waals surface area contributed by atoms with E-state index < -0.39 is 23.4 Å². The summed E-state index contributed by atoms with van der Waals surface area (Å²) in [6.45, 7) is -0.544. The van der Waals surface area contributed by atoms with Crippen LogP contribution in [0.1, 0.15) is 6.42 Å². The van der Waals surface area contributed by atoms with Crippen LogP contribution in [0.3, 0.4) is 0 Å². The van der Waals surface area contributed by atoms with E-state index in [2.05, 4.69) is 9.98 Å². The molecule has 0 aromatic carbocycles. The number of hydrogen-bond acceptors (Lipinski definition) is 6. The highest BCUT2D eigenvalue weighted by atomic mass is 127. The summed E-state index contributed by atoms with van der Waals surface area (Å²) < 4.78 is 0.407. The van der Waals surface area contributed by atoms with Crippen molar-refractivity contribution in [2.24, 2.45) is 9.98 Å². The molecule has 0 aromatic rings. The molecule has 0 bridgehead atoms. The Morgan fingerprint density at radius 3 is 2.79 bits per heavy atom. The standard InChI is InChI=1S/C6H8IN3O4/c7-5-2-8-6(9-5,10(13)14)1-4(12)3-11/h2,4,11-12H,1,3H2. The molecule has 1 rings (SSSR count). The highest BCUT2D eigenvalue weighted by Gasteiger charge is 2.46. The highest BCUT2D eigenvalue weighted by Crippen LogP contribution is 2.25. The topological polar surface area (TPSA) is 108 Å². The Bertz CT molecular complexity index is 305. The molecule has 0 saturated carbocycles. The number of aliphatic hydroxyl groups excluding tert-OH is 2. The lowest BCUT2D eigenvalue weighted by Crippen LogP contribution is -2.37. The molecule has 7 nitrogen and oxygen atoms in total. The number of aliphatic hydroxyl groups is 2. The molecule has 0 aromatic heterocycles. The third-order valence-corrected chi connectivity index (χ3v) is 2.20.